The maximum absolute atomic E-state index is 11.7. The highest BCUT2D eigenvalue weighted by Crippen LogP contribution is 2.04. The molecule has 1 heterocycles. The first-order chi connectivity index (χ1) is 9.13. The Balaban J connectivity index is 2.74. The number of amides is 1. The molecule has 0 atom stereocenters. The Bertz CT molecular complexity index is 641. The van der Waals surface area contributed by atoms with Gasteiger partial charge in [-0.15, -0.1) is 0 Å². The van der Waals surface area contributed by atoms with Crippen molar-refractivity contribution in [2.45, 2.75) is 39.2 Å². The van der Waals surface area contributed by atoms with Gasteiger partial charge in [0.1, 0.15) is 5.54 Å². The number of H-pyrrole nitrogens is 2. The number of carboxylic acids is 1. The highest BCUT2D eigenvalue weighted by Gasteiger charge is 2.28. The standard InChI is InChI=1S/C12H17N3O5/c1-6-7(9(17)14-11(20)13-6)4-5-8(16)15-12(2,3)10(18)19/h4-5H2,1-3H3,(H,15,16)(H,18,19)(H2,13,14,17,20). The number of nitrogens with one attached hydrogen (secondary N) is 3. The fourth-order valence-electron chi connectivity index (χ4n) is 1.63. The number of carbonyl (C=O) groups excluding carboxylic acids is 1. The van der Waals surface area contributed by atoms with Crippen LogP contribution in [0.4, 0.5) is 0 Å². The number of aryl methyl sites for hydroxylation is 1. The number of aliphatic carboxylic acids is 1. The van der Waals surface area contributed by atoms with Gasteiger partial charge in [0, 0.05) is 17.7 Å². The molecule has 8 nitrogen and oxygen atoms in total. The average Bonchev–Trinajstić information content (AvgIpc) is 2.26. The van der Waals surface area contributed by atoms with Crippen LogP contribution in [0.25, 0.3) is 0 Å². The van der Waals surface area contributed by atoms with Crippen LogP contribution < -0.4 is 16.6 Å². The largest absolute Gasteiger partial charge is 0.480 e. The van der Waals surface area contributed by atoms with Crippen molar-refractivity contribution in [2.75, 3.05) is 0 Å². The smallest absolute Gasteiger partial charge is 0.328 e. The summed E-state index contributed by atoms with van der Waals surface area (Å²) in [7, 11) is 0. The van der Waals surface area contributed by atoms with E-state index in [2.05, 4.69) is 15.3 Å². The zero-order chi connectivity index (χ0) is 15.5. The van der Waals surface area contributed by atoms with Crippen molar-refractivity contribution in [3.8, 4) is 0 Å². The van der Waals surface area contributed by atoms with Gasteiger partial charge in [0.05, 0.1) is 0 Å². The summed E-state index contributed by atoms with van der Waals surface area (Å²) in [5.74, 6) is -1.63. The molecule has 110 valence electrons. The van der Waals surface area contributed by atoms with Gasteiger partial charge in [-0.1, -0.05) is 0 Å². The zero-order valence-corrected chi connectivity index (χ0v) is 11.5. The summed E-state index contributed by atoms with van der Waals surface area (Å²) in [5, 5.41) is 11.2. The minimum Gasteiger partial charge on any atom is -0.480 e. The molecule has 4 N–H and O–H groups in total. The van der Waals surface area contributed by atoms with Crippen LogP contribution in [0.3, 0.4) is 0 Å². The lowest BCUT2D eigenvalue weighted by atomic mass is 10.0. The molecule has 0 saturated heterocycles. The van der Waals surface area contributed by atoms with Crippen LogP contribution in [0.2, 0.25) is 0 Å². The lowest BCUT2D eigenvalue weighted by Gasteiger charge is -2.20. The molecular weight excluding hydrogens is 266 g/mol. The molecule has 1 rings (SSSR count). The summed E-state index contributed by atoms with van der Waals surface area (Å²) in [6, 6.07) is 0. The van der Waals surface area contributed by atoms with Crippen LogP contribution in [0.15, 0.2) is 9.59 Å². The van der Waals surface area contributed by atoms with Gasteiger partial charge in [-0.05, 0) is 27.2 Å². The van der Waals surface area contributed by atoms with Gasteiger partial charge in [-0.25, -0.2) is 9.59 Å². The normalized spacial score (nSPS) is 11.2. The Hall–Kier alpha value is -2.38. The Morgan fingerprint density at radius 2 is 1.85 bits per heavy atom. The van der Waals surface area contributed by atoms with Crippen LogP contribution >= 0.6 is 0 Å². The highest BCUT2D eigenvalue weighted by molar-refractivity contribution is 5.86. The van der Waals surface area contributed by atoms with Crippen molar-refractivity contribution in [3.05, 3.63) is 32.1 Å². The van der Waals surface area contributed by atoms with Crippen LogP contribution in [0.1, 0.15) is 31.5 Å². The maximum Gasteiger partial charge on any atom is 0.328 e. The first-order valence-corrected chi connectivity index (χ1v) is 6.00. The third-order valence-electron chi connectivity index (χ3n) is 2.84. The molecular formula is C12H17N3O5. The lowest BCUT2D eigenvalue weighted by Crippen LogP contribution is -2.49. The zero-order valence-electron chi connectivity index (χ0n) is 11.5. The number of carbonyl (C=O) groups is 2. The highest BCUT2D eigenvalue weighted by atomic mass is 16.4. The predicted octanol–water partition coefficient (Wildman–Crippen LogP) is -0.716. The topological polar surface area (TPSA) is 132 Å². The summed E-state index contributed by atoms with van der Waals surface area (Å²) in [6.45, 7) is 4.29. The fourth-order valence-corrected chi connectivity index (χ4v) is 1.63. The van der Waals surface area contributed by atoms with E-state index in [1.54, 1.807) is 6.92 Å². The Morgan fingerprint density at radius 1 is 1.25 bits per heavy atom. The molecule has 1 amide bonds. The molecule has 0 aliphatic rings. The Kier molecular flexibility index (Phi) is 4.49. The van der Waals surface area contributed by atoms with Crippen molar-refractivity contribution in [1.82, 2.24) is 15.3 Å². The van der Waals surface area contributed by atoms with E-state index in [0.29, 0.717) is 11.3 Å². The molecule has 0 bridgehead atoms. The van der Waals surface area contributed by atoms with Gasteiger partial charge in [0.15, 0.2) is 0 Å². The van der Waals surface area contributed by atoms with Crippen molar-refractivity contribution in [1.29, 1.82) is 0 Å². The van der Waals surface area contributed by atoms with Crippen LogP contribution in [0, 0.1) is 6.92 Å². The van der Waals surface area contributed by atoms with E-state index in [9.17, 15) is 19.2 Å². The molecule has 0 fully saturated rings. The summed E-state index contributed by atoms with van der Waals surface area (Å²) < 4.78 is 0. The first-order valence-electron chi connectivity index (χ1n) is 6.00. The molecule has 0 aliphatic heterocycles. The second kappa shape index (κ2) is 5.72. The van der Waals surface area contributed by atoms with Gasteiger partial charge in [-0.3, -0.25) is 14.6 Å². The minimum absolute atomic E-state index is 0.0489. The summed E-state index contributed by atoms with van der Waals surface area (Å²) >= 11 is 0. The molecule has 0 spiro atoms. The third kappa shape index (κ3) is 3.81. The van der Waals surface area contributed by atoms with E-state index in [1.165, 1.54) is 13.8 Å². The number of aromatic nitrogens is 2. The maximum atomic E-state index is 11.7. The molecule has 0 aliphatic carbocycles. The van der Waals surface area contributed by atoms with Gasteiger partial charge < -0.3 is 15.4 Å². The van der Waals surface area contributed by atoms with Gasteiger partial charge >= 0.3 is 11.7 Å². The Labute approximate surface area is 114 Å². The molecule has 0 unspecified atom stereocenters. The van der Waals surface area contributed by atoms with Crippen LogP contribution in [-0.4, -0.2) is 32.5 Å². The van der Waals surface area contributed by atoms with E-state index < -0.39 is 28.7 Å². The number of hydrogen-bond acceptors (Lipinski definition) is 4. The second-order valence-electron chi connectivity index (χ2n) is 4.99. The van der Waals surface area contributed by atoms with Crippen molar-refractivity contribution in [2.24, 2.45) is 0 Å². The molecule has 8 heteroatoms. The van der Waals surface area contributed by atoms with E-state index in [0.717, 1.165) is 0 Å². The van der Waals surface area contributed by atoms with Gasteiger partial charge in [-0.2, -0.15) is 0 Å². The van der Waals surface area contributed by atoms with E-state index in [4.69, 9.17) is 5.11 Å². The molecule has 0 saturated carbocycles. The second-order valence-corrected chi connectivity index (χ2v) is 4.99. The Morgan fingerprint density at radius 3 is 2.35 bits per heavy atom. The number of carboxylic acid groups (broad SMARTS) is 1. The molecule has 0 radical (unpaired) electrons. The number of rotatable bonds is 5. The van der Waals surface area contributed by atoms with E-state index in [-0.39, 0.29) is 12.8 Å². The van der Waals surface area contributed by atoms with Gasteiger partial charge in [0.2, 0.25) is 5.91 Å². The van der Waals surface area contributed by atoms with Crippen LogP contribution in [-0.2, 0) is 16.0 Å². The summed E-state index contributed by atoms with van der Waals surface area (Å²) in [6.07, 6.45) is 0.0617. The average molecular weight is 283 g/mol. The predicted molar refractivity (Wildman–Crippen MR) is 70.6 cm³/mol. The van der Waals surface area contributed by atoms with Crippen molar-refractivity contribution < 1.29 is 14.7 Å². The SMILES string of the molecule is Cc1[nH]c(=O)[nH]c(=O)c1CCC(=O)NC(C)(C)C(=O)O. The number of hydrogen-bond donors (Lipinski definition) is 4. The molecule has 0 aromatic carbocycles. The lowest BCUT2D eigenvalue weighted by molar-refractivity contribution is -0.146. The quantitative estimate of drug-likeness (QED) is 0.566. The van der Waals surface area contributed by atoms with E-state index >= 15 is 0 Å². The van der Waals surface area contributed by atoms with Crippen LogP contribution in [0.5, 0.6) is 0 Å². The first kappa shape index (κ1) is 15.7. The summed E-state index contributed by atoms with van der Waals surface area (Å²) in [4.78, 5) is 49.6. The molecule has 1 aromatic heterocycles. The minimum atomic E-state index is -1.37. The fraction of sp³-hybridized carbons (Fsp3) is 0.500. The molecule has 20 heavy (non-hydrogen) atoms. The molecule has 1 aromatic rings. The number of aromatic amines is 2. The van der Waals surface area contributed by atoms with Crippen molar-refractivity contribution in [3.63, 3.8) is 0 Å². The van der Waals surface area contributed by atoms with Gasteiger partial charge in [0.25, 0.3) is 5.56 Å². The van der Waals surface area contributed by atoms with E-state index in [1.807, 2.05) is 0 Å². The monoisotopic (exact) mass is 283 g/mol. The third-order valence-corrected chi connectivity index (χ3v) is 2.84. The van der Waals surface area contributed by atoms with Crippen molar-refractivity contribution >= 4 is 11.9 Å². The summed E-state index contributed by atoms with van der Waals surface area (Å²) in [5.41, 5.74) is -1.83.